The van der Waals surface area contributed by atoms with Crippen LogP contribution in [0.5, 0.6) is 0 Å². The number of benzene rings is 2. The average Bonchev–Trinajstić information content (AvgIpc) is 2.50. The first kappa shape index (κ1) is 17.0. The molecule has 0 unspecified atom stereocenters. The van der Waals surface area contributed by atoms with Gasteiger partial charge in [0.15, 0.2) is 0 Å². The van der Waals surface area contributed by atoms with Crippen molar-refractivity contribution in [1.82, 2.24) is 4.57 Å². The third kappa shape index (κ3) is 2.94. The van der Waals surface area contributed by atoms with E-state index in [9.17, 15) is 9.18 Å². The van der Waals surface area contributed by atoms with Crippen molar-refractivity contribution in [2.24, 2.45) is 0 Å². The summed E-state index contributed by atoms with van der Waals surface area (Å²) < 4.78 is 15.4. The van der Waals surface area contributed by atoms with Gasteiger partial charge in [-0.15, -0.1) is 0 Å². The summed E-state index contributed by atoms with van der Waals surface area (Å²) in [5, 5.41) is 1.23. The Morgan fingerprint density at radius 1 is 1.12 bits per heavy atom. The predicted molar refractivity (Wildman–Crippen MR) is 98.3 cm³/mol. The maximum absolute atomic E-state index is 13.8. The van der Waals surface area contributed by atoms with Gasteiger partial charge >= 0.3 is 0 Å². The number of hydrogen-bond acceptors (Lipinski definition) is 1. The third-order valence-electron chi connectivity index (χ3n) is 3.94. The van der Waals surface area contributed by atoms with Crippen molar-refractivity contribution in [3.8, 4) is 5.69 Å². The molecule has 0 atom stereocenters. The zero-order valence-electron chi connectivity index (χ0n) is 13.4. The van der Waals surface area contributed by atoms with Gasteiger partial charge in [0.2, 0.25) is 0 Å². The quantitative estimate of drug-likeness (QED) is 0.585. The molecule has 24 heavy (non-hydrogen) atoms. The van der Waals surface area contributed by atoms with Gasteiger partial charge in [-0.25, -0.2) is 4.39 Å². The van der Waals surface area contributed by atoms with Gasteiger partial charge in [-0.3, -0.25) is 9.36 Å². The topological polar surface area (TPSA) is 22.0 Å². The number of pyridine rings is 1. The van der Waals surface area contributed by atoms with Crippen LogP contribution in [0, 0.1) is 12.7 Å². The van der Waals surface area contributed by atoms with Gasteiger partial charge in [-0.1, -0.05) is 42.6 Å². The molecule has 0 aliphatic carbocycles. The van der Waals surface area contributed by atoms with Crippen LogP contribution in [0.15, 0.2) is 41.2 Å². The van der Waals surface area contributed by atoms with Gasteiger partial charge in [0.1, 0.15) is 5.82 Å². The minimum atomic E-state index is -0.599. The van der Waals surface area contributed by atoms with Crippen molar-refractivity contribution >= 4 is 34.0 Å². The van der Waals surface area contributed by atoms with Gasteiger partial charge in [-0.2, -0.15) is 0 Å². The Bertz CT molecular complexity index is 975. The number of nitrogens with zero attached hydrogens (tertiary/aromatic N) is 1. The molecule has 0 N–H and O–H groups in total. The Morgan fingerprint density at radius 3 is 2.54 bits per heavy atom. The first-order valence-electron chi connectivity index (χ1n) is 7.72. The zero-order valence-corrected chi connectivity index (χ0v) is 14.9. The van der Waals surface area contributed by atoms with E-state index in [0.29, 0.717) is 22.5 Å². The van der Waals surface area contributed by atoms with Crippen LogP contribution < -0.4 is 5.56 Å². The van der Waals surface area contributed by atoms with E-state index < -0.39 is 5.82 Å². The normalized spacial score (nSPS) is 11.2. The van der Waals surface area contributed by atoms with Crippen molar-refractivity contribution in [2.75, 3.05) is 0 Å². The Labute approximate surface area is 149 Å². The molecule has 124 valence electrons. The highest BCUT2D eigenvalue weighted by Gasteiger charge is 2.16. The lowest BCUT2D eigenvalue weighted by molar-refractivity contribution is 0.630. The third-order valence-corrected chi connectivity index (χ3v) is 4.53. The van der Waals surface area contributed by atoms with E-state index >= 15 is 0 Å². The molecule has 2 nitrogen and oxygen atoms in total. The maximum atomic E-state index is 13.8. The van der Waals surface area contributed by atoms with Crippen LogP contribution in [-0.4, -0.2) is 4.57 Å². The number of rotatable bonds is 3. The van der Waals surface area contributed by atoms with Crippen LogP contribution in [0.25, 0.3) is 16.5 Å². The summed E-state index contributed by atoms with van der Waals surface area (Å²) in [4.78, 5) is 13.1. The molecule has 0 aliphatic rings. The van der Waals surface area contributed by atoms with Crippen LogP contribution in [0.2, 0.25) is 10.0 Å². The molecule has 5 heteroatoms. The lowest BCUT2D eigenvalue weighted by Crippen LogP contribution is -2.22. The second-order valence-electron chi connectivity index (χ2n) is 5.84. The van der Waals surface area contributed by atoms with E-state index in [-0.39, 0.29) is 16.0 Å². The molecule has 0 spiro atoms. The van der Waals surface area contributed by atoms with Crippen molar-refractivity contribution in [3.05, 3.63) is 73.9 Å². The molecular weight excluding hydrogens is 348 g/mol. The summed E-state index contributed by atoms with van der Waals surface area (Å²) in [6.45, 7) is 3.95. The fraction of sp³-hybridized carbons (Fsp3) is 0.211. The first-order chi connectivity index (χ1) is 11.4. The summed E-state index contributed by atoms with van der Waals surface area (Å²) in [5.41, 5.74) is 2.12. The maximum Gasteiger partial charge on any atom is 0.264 e. The molecule has 0 bridgehead atoms. The van der Waals surface area contributed by atoms with Gasteiger partial charge in [0.05, 0.1) is 16.1 Å². The molecule has 2 aromatic carbocycles. The number of fused-ring (bicyclic) bond motifs is 1. The highest BCUT2D eigenvalue weighted by molar-refractivity contribution is 6.35. The van der Waals surface area contributed by atoms with Crippen LogP contribution in [0.1, 0.15) is 24.6 Å². The summed E-state index contributed by atoms with van der Waals surface area (Å²) in [6, 6.07) is 10.2. The summed E-state index contributed by atoms with van der Waals surface area (Å²) in [6.07, 6.45) is 1.59. The zero-order chi connectivity index (χ0) is 17.4. The SMILES string of the molecule is CCCc1cc2ccc(F)c(Cl)c2c(=O)n1-c1cc(C)cc(Cl)c1. The second kappa shape index (κ2) is 6.58. The van der Waals surface area contributed by atoms with Crippen LogP contribution in [-0.2, 0) is 6.42 Å². The molecule has 1 heterocycles. The highest BCUT2D eigenvalue weighted by atomic mass is 35.5. The Kier molecular flexibility index (Phi) is 4.66. The lowest BCUT2D eigenvalue weighted by atomic mass is 10.1. The van der Waals surface area contributed by atoms with Gasteiger partial charge in [0.25, 0.3) is 5.56 Å². The molecule has 3 aromatic rings. The van der Waals surface area contributed by atoms with Gasteiger partial charge in [0, 0.05) is 10.7 Å². The molecule has 1 aromatic heterocycles. The van der Waals surface area contributed by atoms with Crippen LogP contribution in [0.4, 0.5) is 4.39 Å². The summed E-state index contributed by atoms with van der Waals surface area (Å²) in [5.74, 6) is -0.599. The van der Waals surface area contributed by atoms with E-state index in [4.69, 9.17) is 23.2 Å². The monoisotopic (exact) mass is 363 g/mol. The molecule has 0 radical (unpaired) electrons. The summed E-state index contributed by atoms with van der Waals surface area (Å²) >= 11 is 12.2. The second-order valence-corrected chi connectivity index (χ2v) is 6.65. The van der Waals surface area contributed by atoms with E-state index in [2.05, 4.69) is 0 Å². The largest absolute Gasteiger partial charge is 0.281 e. The minimum Gasteiger partial charge on any atom is -0.281 e. The van der Waals surface area contributed by atoms with Crippen LogP contribution in [0.3, 0.4) is 0 Å². The first-order valence-corrected chi connectivity index (χ1v) is 8.48. The van der Waals surface area contributed by atoms with E-state index in [1.807, 2.05) is 32.0 Å². The molecule has 0 aliphatic heterocycles. The van der Waals surface area contributed by atoms with E-state index in [0.717, 1.165) is 17.7 Å². The van der Waals surface area contributed by atoms with Gasteiger partial charge in [-0.05, 0) is 54.6 Å². The molecule has 0 fully saturated rings. The average molecular weight is 364 g/mol. The number of hydrogen-bond donors (Lipinski definition) is 0. The van der Waals surface area contributed by atoms with Crippen molar-refractivity contribution in [3.63, 3.8) is 0 Å². The van der Waals surface area contributed by atoms with E-state index in [1.165, 1.54) is 6.07 Å². The number of aromatic nitrogens is 1. The Morgan fingerprint density at radius 2 is 1.88 bits per heavy atom. The fourth-order valence-electron chi connectivity index (χ4n) is 2.96. The number of halogens is 3. The number of aryl methyl sites for hydroxylation is 2. The lowest BCUT2D eigenvalue weighted by Gasteiger charge is -2.16. The van der Waals surface area contributed by atoms with Crippen molar-refractivity contribution in [2.45, 2.75) is 26.7 Å². The van der Waals surface area contributed by atoms with Crippen molar-refractivity contribution < 1.29 is 4.39 Å². The Balaban J connectivity index is 2.44. The molecule has 3 rings (SSSR count). The van der Waals surface area contributed by atoms with Gasteiger partial charge < -0.3 is 0 Å². The van der Waals surface area contributed by atoms with Crippen LogP contribution >= 0.6 is 23.2 Å². The fourth-order valence-corrected chi connectivity index (χ4v) is 3.50. The molecule has 0 saturated carbocycles. The predicted octanol–water partition coefficient (Wildman–Crippen LogP) is 5.70. The van der Waals surface area contributed by atoms with Crippen molar-refractivity contribution in [1.29, 1.82) is 0 Å². The molecule has 0 saturated heterocycles. The molecular formula is C19H16Cl2FNO. The van der Waals surface area contributed by atoms with E-state index in [1.54, 1.807) is 16.7 Å². The standard InChI is InChI=1S/C19H16Cl2FNO/c1-3-4-14-9-12-5-6-16(22)18(21)17(12)19(24)23(14)15-8-11(2)7-13(20)10-15/h5-10H,3-4H2,1-2H3. The minimum absolute atomic E-state index is 0.145. The summed E-state index contributed by atoms with van der Waals surface area (Å²) in [7, 11) is 0. The highest BCUT2D eigenvalue weighted by Crippen LogP contribution is 2.27. The Hall–Kier alpha value is -1.84. The molecule has 0 amide bonds. The smallest absolute Gasteiger partial charge is 0.264 e.